The second kappa shape index (κ2) is 7.63. The standard InChI is InChI=1S/C17H26FNO/c1-3-11-19-12-14-5-4-6-16(18)17(14)20-15-9-7-13(2)8-10-15/h4-6,13,15,19H,3,7-12H2,1-2H3. The quantitative estimate of drug-likeness (QED) is 0.785. The number of rotatable bonds is 6. The summed E-state index contributed by atoms with van der Waals surface area (Å²) in [5.41, 5.74) is 0.928. The smallest absolute Gasteiger partial charge is 0.165 e. The molecule has 0 unspecified atom stereocenters. The van der Waals surface area contributed by atoms with Gasteiger partial charge in [-0.15, -0.1) is 0 Å². The molecule has 1 aromatic carbocycles. The molecule has 2 rings (SSSR count). The number of hydrogen-bond donors (Lipinski definition) is 1. The average Bonchev–Trinajstić information content (AvgIpc) is 2.45. The molecular weight excluding hydrogens is 253 g/mol. The van der Waals surface area contributed by atoms with Crippen molar-refractivity contribution in [3.63, 3.8) is 0 Å². The summed E-state index contributed by atoms with van der Waals surface area (Å²) in [6, 6.07) is 5.20. The molecule has 1 fully saturated rings. The van der Waals surface area contributed by atoms with Crippen molar-refractivity contribution in [3.8, 4) is 5.75 Å². The third kappa shape index (κ3) is 4.20. The Morgan fingerprint density at radius 2 is 2.00 bits per heavy atom. The number of benzene rings is 1. The maximum atomic E-state index is 14.0. The fourth-order valence-corrected chi connectivity index (χ4v) is 2.74. The average molecular weight is 279 g/mol. The summed E-state index contributed by atoms with van der Waals surface area (Å²) in [6.45, 7) is 6.01. The molecule has 112 valence electrons. The molecule has 3 heteroatoms. The Hall–Kier alpha value is -1.09. The van der Waals surface area contributed by atoms with Gasteiger partial charge in [-0.05, 0) is 50.6 Å². The van der Waals surface area contributed by atoms with Crippen molar-refractivity contribution < 1.29 is 9.13 Å². The van der Waals surface area contributed by atoms with E-state index in [1.807, 2.05) is 6.07 Å². The fraction of sp³-hybridized carbons (Fsp3) is 0.647. The highest BCUT2D eigenvalue weighted by molar-refractivity contribution is 5.35. The minimum absolute atomic E-state index is 0.174. The Balaban J connectivity index is 2.01. The van der Waals surface area contributed by atoms with Crippen molar-refractivity contribution in [2.45, 2.75) is 58.6 Å². The lowest BCUT2D eigenvalue weighted by molar-refractivity contribution is 0.129. The molecule has 1 aliphatic carbocycles. The van der Waals surface area contributed by atoms with Gasteiger partial charge in [0.1, 0.15) is 0 Å². The van der Waals surface area contributed by atoms with Crippen LogP contribution in [0, 0.1) is 11.7 Å². The van der Waals surface area contributed by atoms with Gasteiger partial charge >= 0.3 is 0 Å². The van der Waals surface area contributed by atoms with E-state index < -0.39 is 0 Å². The van der Waals surface area contributed by atoms with E-state index >= 15 is 0 Å². The Morgan fingerprint density at radius 1 is 1.25 bits per heavy atom. The number of hydrogen-bond acceptors (Lipinski definition) is 2. The van der Waals surface area contributed by atoms with Crippen LogP contribution in [0.1, 0.15) is 51.5 Å². The van der Waals surface area contributed by atoms with Crippen LogP contribution in [0.4, 0.5) is 4.39 Å². The molecule has 0 bridgehead atoms. The van der Waals surface area contributed by atoms with Crippen LogP contribution in [0.3, 0.4) is 0 Å². The van der Waals surface area contributed by atoms with Crippen molar-refractivity contribution in [3.05, 3.63) is 29.6 Å². The molecule has 20 heavy (non-hydrogen) atoms. The second-order valence-corrected chi connectivity index (χ2v) is 5.90. The van der Waals surface area contributed by atoms with Crippen molar-refractivity contribution in [1.82, 2.24) is 5.32 Å². The second-order valence-electron chi connectivity index (χ2n) is 5.90. The normalized spacial score (nSPS) is 22.8. The number of halogens is 1. The molecule has 0 saturated heterocycles. The lowest BCUT2D eigenvalue weighted by Gasteiger charge is -2.28. The molecule has 0 spiro atoms. The molecule has 2 nitrogen and oxygen atoms in total. The Bertz CT molecular complexity index is 413. The van der Waals surface area contributed by atoms with Gasteiger partial charge in [-0.1, -0.05) is 26.0 Å². The van der Waals surface area contributed by atoms with Gasteiger partial charge < -0.3 is 10.1 Å². The zero-order valence-corrected chi connectivity index (χ0v) is 12.6. The Labute approximate surface area is 121 Å². The van der Waals surface area contributed by atoms with Crippen LogP contribution in [0.2, 0.25) is 0 Å². The third-order valence-electron chi connectivity index (χ3n) is 4.04. The molecule has 0 atom stereocenters. The highest BCUT2D eigenvalue weighted by Gasteiger charge is 2.21. The maximum absolute atomic E-state index is 14.0. The van der Waals surface area contributed by atoms with E-state index in [0.717, 1.165) is 37.3 Å². The van der Waals surface area contributed by atoms with Gasteiger partial charge in [0.25, 0.3) is 0 Å². The van der Waals surface area contributed by atoms with E-state index in [0.29, 0.717) is 12.3 Å². The van der Waals surface area contributed by atoms with Crippen LogP contribution < -0.4 is 10.1 Å². The van der Waals surface area contributed by atoms with Crippen LogP contribution in [-0.2, 0) is 6.54 Å². The topological polar surface area (TPSA) is 21.3 Å². The highest BCUT2D eigenvalue weighted by Crippen LogP contribution is 2.30. The first-order chi connectivity index (χ1) is 9.70. The summed E-state index contributed by atoms with van der Waals surface area (Å²) in [5, 5.41) is 3.32. The van der Waals surface area contributed by atoms with Crippen LogP contribution in [-0.4, -0.2) is 12.6 Å². The molecule has 0 heterocycles. The van der Waals surface area contributed by atoms with E-state index in [1.165, 1.54) is 18.9 Å². The molecule has 0 amide bonds. The van der Waals surface area contributed by atoms with Gasteiger partial charge in [0.2, 0.25) is 0 Å². The predicted octanol–water partition coefficient (Wildman–Crippen LogP) is 4.28. The molecule has 0 aliphatic heterocycles. The lowest BCUT2D eigenvalue weighted by atomic mass is 9.89. The van der Waals surface area contributed by atoms with Crippen molar-refractivity contribution in [2.24, 2.45) is 5.92 Å². The zero-order chi connectivity index (χ0) is 14.4. The summed E-state index contributed by atoms with van der Waals surface area (Å²) in [7, 11) is 0. The van der Waals surface area contributed by atoms with Crippen LogP contribution in [0.25, 0.3) is 0 Å². The van der Waals surface area contributed by atoms with Gasteiger partial charge in [0, 0.05) is 12.1 Å². The molecule has 1 aliphatic rings. The van der Waals surface area contributed by atoms with Crippen molar-refractivity contribution in [1.29, 1.82) is 0 Å². The predicted molar refractivity (Wildman–Crippen MR) is 80.4 cm³/mol. The molecular formula is C17H26FNO. The molecule has 0 aromatic heterocycles. The number of nitrogens with one attached hydrogen (secondary N) is 1. The molecule has 1 saturated carbocycles. The first-order valence-corrected chi connectivity index (χ1v) is 7.85. The van der Waals surface area contributed by atoms with E-state index in [2.05, 4.69) is 19.2 Å². The van der Waals surface area contributed by atoms with E-state index in [4.69, 9.17) is 4.74 Å². The van der Waals surface area contributed by atoms with Gasteiger partial charge in [0.05, 0.1) is 6.10 Å². The molecule has 1 N–H and O–H groups in total. The maximum Gasteiger partial charge on any atom is 0.165 e. The minimum atomic E-state index is -0.237. The lowest BCUT2D eigenvalue weighted by Crippen LogP contribution is -2.24. The van der Waals surface area contributed by atoms with E-state index in [-0.39, 0.29) is 11.9 Å². The van der Waals surface area contributed by atoms with Gasteiger partial charge in [-0.3, -0.25) is 0 Å². The van der Waals surface area contributed by atoms with Crippen molar-refractivity contribution >= 4 is 0 Å². The summed E-state index contributed by atoms with van der Waals surface area (Å²) in [4.78, 5) is 0. The Morgan fingerprint density at radius 3 is 2.70 bits per heavy atom. The molecule has 1 aromatic rings. The van der Waals surface area contributed by atoms with Crippen molar-refractivity contribution in [2.75, 3.05) is 6.54 Å². The first-order valence-electron chi connectivity index (χ1n) is 7.85. The van der Waals surface area contributed by atoms with Crippen LogP contribution in [0.15, 0.2) is 18.2 Å². The van der Waals surface area contributed by atoms with Crippen LogP contribution in [0.5, 0.6) is 5.75 Å². The fourth-order valence-electron chi connectivity index (χ4n) is 2.74. The summed E-state index contributed by atoms with van der Waals surface area (Å²) in [5.74, 6) is 0.997. The van der Waals surface area contributed by atoms with Gasteiger partial charge in [-0.2, -0.15) is 0 Å². The third-order valence-corrected chi connectivity index (χ3v) is 4.04. The van der Waals surface area contributed by atoms with E-state index in [9.17, 15) is 4.39 Å². The van der Waals surface area contributed by atoms with E-state index in [1.54, 1.807) is 6.07 Å². The largest absolute Gasteiger partial charge is 0.487 e. The monoisotopic (exact) mass is 279 g/mol. The summed E-state index contributed by atoms with van der Waals surface area (Å²) < 4.78 is 20.0. The minimum Gasteiger partial charge on any atom is -0.487 e. The SMILES string of the molecule is CCCNCc1cccc(F)c1OC1CCC(C)CC1. The first kappa shape index (κ1) is 15.3. The number of ether oxygens (including phenoxy) is 1. The van der Waals surface area contributed by atoms with Crippen LogP contribution >= 0.6 is 0 Å². The number of para-hydroxylation sites is 1. The molecule has 0 radical (unpaired) electrons. The van der Waals surface area contributed by atoms with Gasteiger partial charge in [0.15, 0.2) is 11.6 Å². The summed E-state index contributed by atoms with van der Waals surface area (Å²) >= 11 is 0. The highest BCUT2D eigenvalue weighted by atomic mass is 19.1. The zero-order valence-electron chi connectivity index (χ0n) is 12.6. The Kier molecular flexibility index (Phi) is 5.84. The van der Waals surface area contributed by atoms with Gasteiger partial charge in [-0.25, -0.2) is 4.39 Å². The summed E-state index contributed by atoms with van der Waals surface area (Å²) in [6.07, 6.45) is 5.69.